The van der Waals surface area contributed by atoms with Crippen molar-refractivity contribution in [2.75, 3.05) is 0 Å². The predicted octanol–water partition coefficient (Wildman–Crippen LogP) is 7.39. The molecule has 4 nitrogen and oxygen atoms in total. The Hall–Kier alpha value is -3.50. The first-order valence-electron chi connectivity index (χ1n) is 12.1. The summed E-state index contributed by atoms with van der Waals surface area (Å²) in [6.07, 6.45) is 4.73. The Morgan fingerprint density at radius 1 is 1.15 bits per heavy atom. The summed E-state index contributed by atoms with van der Waals surface area (Å²) in [5, 5.41) is 26.3. The molecule has 0 aromatic heterocycles. The number of Topliss-reactive ketones (excluding diaryl/α,β-unsaturated/α-hetero) is 1. The first kappa shape index (κ1) is 25.1. The molecule has 174 valence electrons. The number of rotatable bonds is 8. The van der Waals surface area contributed by atoms with Crippen LogP contribution in [0.2, 0.25) is 0 Å². The molecule has 3 atom stereocenters. The molecule has 1 aliphatic rings. The standard InChI is InChI=1S/C30H33N3O/c1-5-6-27(21(4)29(33)18-32)28-16-26(10-7-19(28)2)30(34)20(3)24-13-14-25(15-24)23-11-8-22(17-31)9-12-23/h7-12,16,20,24-25,33H,5-6,13-15H2,1-4H3. The molecule has 2 aromatic rings. The highest BCUT2D eigenvalue weighted by atomic mass is 16.1. The zero-order valence-electron chi connectivity index (χ0n) is 20.6. The molecule has 0 saturated heterocycles. The first-order valence-corrected chi connectivity index (χ1v) is 12.1. The van der Waals surface area contributed by atoms with Gasteiger partial charge in [0.25, 0.3) is 0 Å². The van der Waals surface area contributed by atoms with Gasteiger partial charge in [0, 0.05) is 11.5 Å². The van der Waals surface area contributed by atoms with E-state index in [1.165, 1.54) is 5.56 Å². The van der Waals surface area contributed by atoms with Crippen molar-refractivity contribution >= 4 is 17.1 Å². The molecule has 1 aliphatic carbocycles. The number of hydrogen-bond donors (Lipinski definition) is 1. The third kappa shape index (κ3) is 5.35. The Morgan fingerprint density at radius 2 is 1.85 bits per heavy atom. The van der Waals surface area contributed by atoms with E-state index < -0.39 is 0 Å². The maximum Gasteiger partial charge on any atom is 0.165 e. The van der Waals surface area contributed by atoms with Gasteiger partial charge >= 0.3 is 0 Å². The van der Waals surface area contributed by atoms with Gasteiger partial charge in [0.05, 0.1) is 11.6 Å². The number of nitrogens with zero attached hydrogens (tertiary/aromatic N) is 2. The topological polar surface area (TPSA) is 88.5 Å². The molecule has 34 heavy (non-hydrogen) atoms. The van der Waals surface area contributed by atoms with Crippen molar-refractivity contribution in [2.24, 2.45) is 11.8 Å². The Balaban J connectivity index is 1.82. The second kappa shape index (κ2) is 11.1. The van der Waals surface area contributed by atoms with Gasteiger partial charge in [-0.25, -0.2) is 0 Å². The van der Waals surface area contributed by atoms with Crippen LogP contribution in [0.5, 0.6) is 0 Å². The van der Waals surface area contributed by atoms with Gasteiger partial charge in [-0.15, -0.1) is 0 Å². The third-order valence-corrected chi connectivity index (χ3v) is 7.39. The van der Waals surface area contributed by atoms with E-state index in [1.54, 1.807) is 0 Å². The van der Waals surface area contributed by atoms with Crippen LogP contribution in [0.3, 0.4) is 0 Å². The predicted molar refractivity (Wildman–Crippen MR) is 137 cm³/mol. The number of hydrogen-bond acceptors (Lipinski definition) is 4. The van der Waals surface area contributed by atoms with Gasteiger partial charge in [0.15, 0.2) is 5.78 Å². The van der Waals surface area contributed by atoms with Crippen molar-refractivity contribution < 1.29 is 4.79 Å². The molecule has 0 aliphatic heterocycles. The summed E-state index contributed by atoms with van der Waals surface area (Å²) in [5.41, 5.74) is 6.31. The Bertz CT molecular complexity index is 1190. The smallest absolute Gasteiger partial charge is 0.165 e. The number of carbonyl (C=O) groups is 1. The summed E-state index contributed by atoms with van der Waals surface area (Å²) in [5.74, 6) is 0.851. The third-order valence-electron chi connectivity index (χ3n) is 7.39. The summed E-state index contributed by atoms with van der Waals surface area (Å²) < 4.78 is 0. The highest BCUT2D eigenvalue weighted by molar-refractivity contribution is 6.13. The summed E-state index contributed by atoms with van der Waals surface area (Å²) >= 11 is 0. The number of allylic oxidation sites excluding steroid dienone is 2. The second-order valence-electron chi connectivity index (χ2n) is 9.53. The molecule has 0 heterocycles. The van der Waals surface area contributed by atoms with E-state index in [2.05, 4.69) is 13.0 Å². The largest absolute Gasteiger partial charge is 0.294 e. The molecule has 1 fully saturated rings. The van der Waals surface area contributed by atoms with Crippen LogP contribution in [0.1, 0.15) is 91.4 Å². The molecule has 0 amide bonds. The second-order valence-corrected chi connectivity index (χ2v) is 9.53. The molecular weight excluding hydrogens is 418 g/mol. The monoisotopic (exact) mass is 451 g/mol. The van der Waals surface area contributed by atoms with Crippen LogP contribution in [0, 0.1) is 46.8 Å². The lowest BCUT2D eigenvalue weighted by Crippen LogP contribution is -2.20. The van der Waals surface area contributed by atoms with Gasteiger partial charge in [0.2, 0.25) is 0 Å². The van der Waals surface area contributed by atoms with Crippen LogP contribution >= 0.6 is 0 Å². The number of aryl methyl sites for hydroxylation is 1. The number of carbonyl (C=O) groups excluding carboxylic acids is 1. The number of benzene rings is 2. The van der Waals surface area contributed by atoms with Gasteiger partial charge in [-0.05, 0) is 97.4 Å². The Labute approximate surface area is 203 Å². The van der Waals surface area contributed by atoms with Crippen LogP contribution in [-0.4, -0.2) is 11.5 Å². The number of ketones is 1. The van der Waals surface area contributed by atoms with E-state index in [4.69, 9.17) is 10.7 Å². The Morgan fingerprint density at radius 3 is 2.47 bits per heavy atom. The van der Waals surface area contributed by atoms with Crippen LogP contribution in [-0.2, 0) is 0 Å². The van der Waals surface area contributed by atoms with E-state index in [0.717, 1.165) is 48.8 Å². The molecule has 0 radical (unpaired) electrons. The van der Waals surface area contributed by atoms with Crippen molar-refractivity contribution in [1.82, 2.24) is 0 Å². The number of nitrogens with one attached hydrogen (secondary N) is 1. The van der Waals surface area contributed by atoms with E-state index in [-0.39, 0.29) is 17.4 Å². The van der Waals surface area contributed by atoms with Gasteiger partial charge in [-0.2, -0.15) is 10.5 Å². The van der Waals surface area contributed by atoms with Crippen molar-refractivity contribution in [3.8, 4) is 12.1 Å². The fraction of sp³-hybridized carbons (Fsp3) is 0.400. The lowest BCUT2D eigenvalue weighted by Gasteiger charge is -2.20. The van der Waals surface area contributed by atoms with E-state index in [9.17, 15) is 10.1 Å². The van der Waals surface area contributed by atoms with E-state index in [0.29, 0.717) is 28.5 Å². The molecule has 1 saturated carbocycles. The summed E-state index contributed by atoms with van der Waals surface area (Å²) in [7, 11) is 0. The van der Waals surface area contributed by atoms with Gasteiger partial charge in [-0.1, -0.05) is 44.5 Å². The lowest BCUT2D eigenvalue weighted by atomic mass is 9.83. The fourth-order valence-corrected chi connectivity index (χ4v) is 5.19. The maximum absolute atomic E-state index is 13.5. The zero-order valence-corrected chi connectivity index (χ0v) is 20.6. The minimum atomic E-state index is -0.0731. The van der Waals surface area contributed by atoms with Gasteiger partial charge in [0.1, 0.15) is 11.8 Å². The van der Waals surface area contributed by atoms with Crippen LogP contribution in [0.25, 0.3) is 5.57 Å². The molecule has 0 bridgehead atoms. The van der Waals surface area contributed by atoms with Crippen LogP contribution in [0.4, 0.5) is 0 Å². The van der Waals surface area contributed by atoms with Crippen molar-refractivity contribution in [2.45, 2.75) is 65.7 Å². The summed E-state index contributed by atoms with van der Waals surface area (Å²) in [6, 6.07) is 17.8. The molecule has 4 heteroatoms. The van der Waals surface area contributed by atoms with Crippen molar-refractivity contribution in [3.63, 3.8) is 0 Å². The molecule has 3 rings (SSSR count). The molecule has 3 unspecified atom stereocenters. The molecule has 2 aromatic carbocycles. The summed E-state index contributed by atoms with van der Waals surface area (Å²) in [6.45, 7) is 7.98. The van der Waals surface area contributed by atoms with Gasteiger partial charge in [-0.3, -0.25) is 10.2 Å². The van der Waals surface area contributed by atoms with E-state index >= 15 is 0 Å². The summed E-state index contributed by atoms with van der Waals surface area (Å²) in [4.78, 5) is 13.5. The zero-order chi connectivity index (χ0) is 24.8. The average Bonchev–Trinajstić information content (AvgIpc) is 3.36. The number of nitriles is 2. The minimum Gasteiger partial charge on any atom is -0.294 e. The fourth-order valence-electron chi connectivity index (χ4n) is 5.19. The minimum absolute atomic E-state index is 0.0206. The van der Waals surface area contributed by atoms with Crippen molar-refractivity contribution in [1.29, 1.82) is 15.9 Å². The first-order chi connectivity index (χ1) is 16.3. The highest BCUT2D eigenvalue weighted by Gasteiger charge is 2.33. The van der Waals surface area contributed by atoms with Gasteiger partial charge < -0.3 is 0 Å². The Kier molecular flexibility index (Phi) is 8.19. The lowest BCUT2D eigenvalue weighted by molar-refractivity contribution is 0.0887. The SMILES string of the molecule is CCCC(=C(C)C(=N)C#N)c1cc(C(=O)C(C)C2CCC(c3ccc(C#N)cc3)C2)ccc1C. The normalized spacial score (nSPS) is 19.0. The highest BCUT2D eigenvalue weighted by Crippen LogP contribution is 2.42. The molecular formula is C30H33N3O. The molecule has 1 N–H and O–H groups in total. The van der Waals surface area contributed by atoms with Crippen LogP contribution < -0.4 is 0 Å². The van der Waals surface area contributed by atoms with Crippen molar-refractivity contribution in [3.05, 3.63) is 75.9 Å². The maximum atomic E-state index is 13.5. The molecule has 0 spiro atoms. The van der Waals surface area contributed by atoms with E-state index in [1.807, 2.05) is 69.3 Å². The average molecular weight is 452 g/mol. The van der Waals surface area contributed by atoms with Crippen LogP contribution in [0.15, 0.2) is 48.0 Å². The quantitative estimate of drug-likeness (QED) is 0.335.